The van der Waals surface area contributed by atoms with Gasteiger partial charge >= 0.3 is 6.03 Å². The molecule has 1 fully saturated rings. The lowest BCUT2D eigenvalue weighted by Crippen LogP contribution is -2.45. The number of nitrogens with one attached hydrogen (secondary N) is 1. The zero-order valence-corrected chi connectivity index (χ0v) is 14.8. The number of rotatable bonds is 6. The lowest BCUT2D eigenvalue weighted by atomic mass is 10.00. The molecule has 1 aromatic carbocycles. The molecule has 0 heterocycles. The molecule has 1 aliphatic carbocycles. The van der Waals surface area contributed by atoms with Gasteiger partial charge in [-0.2, -0.15) is 0 Å². The third kappa shape index (κ3) is 4.44. The first-order valence-electron chi connectivity index (χ1n) is 8.15. The fourth-order valence-corrected chi connectivity index (χ4v) is 2.73. The molecule has 23 heavy (non-hydrogen) atoms. The van der Waals surface area contributed by atoms with Crippen LogP contribution in [0.4, 0.5) is 9.18 Å². The summed E-state index contributed by atoms with van der Waals surface area (Å²) in [6.07, 6.45) is 2.34. The standard InChI is InChI=1S/C18H28FN3O/c1-13(18(2)8-9-18)22(5)17(23)20-11-14-6-7-15(12-21(3)4)16(19)10-14/h6-7,10,13H,8-9,11-12H2,1-5H3,(H,20,23)/t13-/m1/s1. The summed E-state index contributed by atoms with van der Waals surface area (Å²) in [6, 6.07) is 5.26. The number of hydrogen-bond acceptors (Lipinski definition) is 2. The monoisotopic (exact) mass is 321 g/mol. The molecule has 128 valence electrons. The number of hydrogen-bond donors (Lipinski definition) is 1. The zero-order chi connectivity index (χ0) is 17.2. The fraction of sp³-hybridized carbons (Fsp3) is 0.611. The molecule has 1 aliphatic rings. The van der Waals surface area contributed by atoms with E-state index < -0.39 is 0 Å². The summed E-state index contributed by atoms with van der Waals surface area (Å²) in [6.45, 7) is 5.20. The van der Waals surface area contributed by atoms with Crippen molar-refractivity contribution in [1.82, 2.24) is 15.1 Å². The molecule has 2 amide bonds. The van der Waals surface area contributed by atoms with Crippen LogP contribution in [0, 0.1) is 11.2 Å². The molecule has 1 atom stereocenters. The minimum atomic E-state index is -0.224. The average Bonchev–Trinajstić information content (AvgIpc) is 3.24. The lowest BCUT2D eigenvalue weighted by molar-refractivity contribution is 0.170. The van der Waals surface area contributed by atoms with E-state index in [-0.39, 0.29) is 23.3 Å². The normalized spacial score (nSPS) is 17.0. The van der Waals surface area contributed by atoms with E-state index in [9.17, 15) is 9.18 Å². The van der Waals surface area contributed by atoms with Gasteiger partial charge in [0.05, 0.1) is 0 Å². The van der Waals surface area contributed by atoms with Crippen LogP contribution in [-0.4, -0.2) is 43.0 Å². The highest BCUT2D eigenvalue weighted by Crippen LogP contribution is 2.49. The number of carbonyl (C=O) groups is 1. The first kappa shape index (κ1) is 17.7. The van der Waals surface area contributed by atoms with E-state index in [4.69, 9.17) is 0 Å². The van der Waals surface area contributed by atoms with Crippen molar-refractivity contribution in [1.29, 1.82) is 0 Å². The molecule has 0 bridgehead atoms. The molecule has 1 N–H and O–H groups in total. The SMILES string of the molecule is C[C@@H](N(C)C(=O)NCc1ccc(CN(C)C)c(F)c1)C1(C)CC1. The number of carbonyl (C=O) groups excluding carboxylic acids is 1. The van der Waals surface area contributed by atoms with Gasteiger partial charge in [-0.25, -0.2) is 9.18 Å². The van der Waals surface area contributed by atoms with Crippen molar-refractivity contribution in [2.75, 3.05) is 21.1 Å². The van der Waals surface area contributed by atoms with Crippen molar-refractivity contribution in [3.05, 3.63) is 35.1 Å². The molecule has 0 spiro atoms. The second-order valence-electron chi connectivity index (χ2n) is 7.26. The molecule has 0 radical (unpaired) electrons. The van der Waals surface area contributed by atoms with Gasteiger partial charge in [0.15, 0.2) is 0 Å². The van der Waals surface area contributed by atoms with Crippen LogP contribution >= 0.6 is 0 Å². The van der Waals surface area contributed by atoms with E-state index in [1.165, 1.54) is 18.9 Å². The minimum Gasteiger partial charge on any atom is -0.334 e. The van der Waals surface area contributed by atoms with Crippen molar-refractivity contribution >= 4 is 6.03 Å². The molecule has 0 aromatic heterocycles. The summed E-state index contributed by atoms with van der Waals surface area (Å²) >= 11 is 0. The van der Waals surface area contributed by atoms with Gasteiger partial charge in [0, 0.05) is 31.7 Å². The third-order valence-corrected chi connectivity index (χ3v) is 5.00. The molecular weight excluding hydrogens is 293 g/mol. The Labute approximate surface area is 138 Å². The van der Waals surface area contributed by atoms with Crippen molar-refractivity contribution < 1.29 is 9.18 Å². The topological polar surface area (TPSA) is 35.6 Å². The largest absolute Gasteiger partial charge is 0.334 e. The van der Waals surface area contributed by atoms with Crippen LogP contribution in [0.5, 0.6) is 0 Å². The van der Waals surface area contributed by atoms with Crippen LogP contribution in [0.2, 0.25) is 0 Å². The molecule has 2 rings (SSSR count). The Morgan fingerprint density at radius 3 is 2.52 bits per heavy atom. The highest BCUT2D eigenvalue weighted by molar-refractivity contribution is 5.74. The lowest BCUT2D eigenvalue weighted by Gasteiger charge is -2.30. The molecule has 1 aromatic rings. The summed E-state index contributed by atoms with van der Waals surface area (Å²) in [7, 11) is 5.64. The van der Waals surface area contributed by atoms with E-state index in [0.29, 0.717) is 18.7 Å². The van der Waals surface area contributed by atoms with Crippen LogP contribution < -0.4 is 5.32 Å². The number of halogens is 1. The quantitative estimate of drug-likeness (QED) is 0.873. The van der Waals surface area contributed by atoms with Gasteiger partial charge in [-0.05, 0) is 50.9 Å². The van der Waals surface area contributed by atoms with Crippen LogP contribution in [0.15, 0.2) is 18.2 Å². The summed E-state index contributed by atoms with van der Waals surface area (Å²) in [5.74, 6) is -0.224. The van der Waals surface area contributed by atoms with Gasteiger partial charge in [-0.15, -0.1) is 0 Å². The number of nitrogens with zero attached hydrogens (tertiary/aromatic N) is 2. The van der Waals surface area contributed by atoms with Gasteiger partial charge in [0.2, 0.25) is 0 Å². The number of urea groups is 1. The maximum absolute atomic E-state index is 14.0. The zero-order valence-electron chi connectivity index (χ0n) is 14.8. The predicted molar refractivity (Wildman–Crippen MR) is 90.6 cm³/mol. The summed E-state index contributed by atoms with van der Waals surface area (Å²) in [5.41, 5.74) is 1.70. The van der Waals surface area contributed by atoms with Crippen molar-refractivity contribution in [2.24, 2.45) is 5.41 Å². The highest BCUT2D eigenvalue weighted by atomic mass is 19.1. The predicted octanol–water partition coefficient (Wildman–Crippen LogP) is 3.22. The Hall–Kier alpha value is -1.62. The van der Waals surface area contributed by atoms with Gasteiger partial charge in [0.25, 0.3) is 0 Å². The van der Waals surface area contributed by atoms with Gasteiger partial charge < -0.3 is 15.1 Å². The van der Waals surface area contributed by atoms with E-state index in [1.54, 1.807) is 11.0 Å². The van der Waals surface area contributed by atoms with Crippen LogP contribution in [-0.2, 0) is 13.1 Å². The van der Waals surface area contributed by atoms with Crippen molar-refractivity contribution in [3.8, 4) is 0 Å². The Bertz CT molecular complexity index is 569. The van der Waals surface area contributed by atoms with Crippen molar-refractivity contribution in [3.63, 3.8) is 0 Å². The highest BCUT2D eigenvalue weighted by Gasteiger charge is 2.45. The molecule has 0 saturated heterocycles. The Balaban J connectivity index is 1.90. The van der Waals surface area contributed by atoms with Crippen LogP contribution in [0.1, 0.15) is 37.8 Å². The maximum Gasteiger partial charge on any atom is 0.317 e. The average molecular weight is 321 g/mol. The summed E-state index contributed by atoms with van der Waals surface area (Å²) in [4.78, 5) is 15.9. The van der Waals surface area contributed by atoms with Gasteiger partial charge in [0.1, 0.15) is 5.82 Å². The smallest absolute Gasteiger partial charge is 0.317 e. The first-order valence-corrected chi connectivity index (χ1v) is 8.15. The van der Waals surface area contributed by atoms with E-state index in [1.807, 2.05) is 32.1 Å². The molecule has 0 unspecified atom stereocenters. The third-order valence-electron chi connectivity index (χ3n) is 5.00. The summed E-state index contributed by atoms with van der Waals surface area (Å²) < 4.78 is 14.0. The Kier molecular flexibility index (Phi) is 5.30. The van der Waals surface area contributed by atoms with E-state index >= 15 is 0 Å². The maximum atomic E-state index is 14.0. The van der Waals surface area contributed by atoms with Crippen LogP contribution in [0.3, 0.4) is 0 Å². The number of amides is 2. The molecule has 5 heteroatoms. The first-order chi connectivity index (χ1) is 10.7. The Morgan fingerprint density at radius 2 is 2.00 bits per heavy atom. The fourth-order valence-electron chi connectivity index (χ4n) is 2.73. The van der Waals surface area contributed by atoms with Gasteiger partial charge in [-0.3, -0.25) is 0 Å². The summed E-state index contributed by atoms with van der Waals surface area (Å²) in [5, 5.41) is 2.88. The van der Waals surface area contributed by atoms with E-state index in [2.05, 4.69) is 19.2 Å². The second kappa shape index (κ2) is 6.87. The Morgan fingerprint density at radius 1 is 1.35 bits per heavy atom. The van der Waals surface area contributed by atoms with Crippen molar-refractivity contribution in [2.45, 2.75) is 45.8 Å². The van der Waals surface area contributed by atoms with Crippen LogP contribution in [0.25, 0.3) is 0 Å². The van der Waals surface area contributed by atoms with Gasteiger partial charge in [-0.1, -0.05) is 19.1 Å². The molecule has 0 aliphatic heterocycles. The number of benzene rings is 1. The second-order valence-corrected chi connectivity index (χ2v) is 7.26. The van der Waals surface area contributed by atoms with E-state index in [0.717, 1.165) is 5.56 Å². The molecule has 1 saturated carbocycles. The molecule has 4 nitrogen and oxygen atoms in total. The minimum absolute atomic E-state index is 0.108. The molecular formula is C18H28FN3O.